The quantitative estimate of drug-likeness (QED) is 0.243. The summed E-state index contributed by atoms with van der Waals surface area (Å²) in [7, 11) is 1.78. The van der Waals surface area contributed by atoms with Gasteiger partial charge in [0.1, 0.15) is 0 Å². The number of carbonyl (C=O) groups excluding carboxylic acids is 1. The predicted octanol–water partition coefficient (Wildman–Crippen LogP) is 2.14. The summed E-state index contributed by atoms with van der Waals surface area (Å²) >= 11 is 0. The number of hydrogen-bond donors (Lipinski definition) is 3. The van der Waals surface area contributed by atoms with Crippen molar-refractivity contribution in [2.24, 2.45) is 4.99 Å². The number of pyridine rings is 1. The van der Waals surface area contributed by atoms with E-state index in [1.807, 2.05) is 18.3 Å². The number of hydrogen-bond acceptors (Lipinski definition) is 5. The average molecular weight is 532 g/mol. The number of aromatic nitrogens is 1. The van der Waals surface area contributed by atoms with Crippen molar-refractivity contribution in [2.45, 2.75) is 52.1 Å². The Morgan fingerprint density at radius 3 is 2.60 bits per heavy atom. The molecular weight excluding hydrogens is 495 g/mol. The summed E-state index contributed by atoms with van der Waals surface area (Å²) in [4.78, 5) is 22.7. The van der Waals surface area contributed by atoms with Gasteiger partial charge < -0.3 is 20.7 Å². The zero-order valence-electron chi connectivity index (χ0n) is 18.4. The lowest BCUT2D eigenvalue weighted by Crippen LogP contribution is -2.50. The van der Waals surface area contributed by atoms with Gasteiger partial charge in [-0.2, -0.15) is 0 Å². The summed E-state index contributed by atoms with van der Waals surface area (Å²) in [5.74, 6) is 1.57. The van der Waals surface area contributed by atoms with Crippen LogP contribution < -0.4 is 20.7 Å². The van der Waals surface area contributed by atoms with Crippen molar-refractivity contribution < 1.29 is 9.53 Å². The number of guanidine groups is 1. The van der Waals surface area contributed by atoms with Gasteiger partial charge in [0, 0.05) is 51.5 Å². The van der Waals surface area contributed by atoms with Crippen molar-refractivity contribution in [3.8, 4) is 5.88 Å². The Kier molecular flexibility index (Phi) is 13.4. The lowest BCUT2D eigenvalue weighted by atomic mass is 10.1. The molecule has 1 saturated heterocycles. The molecule has 3 N–H and O–H groups in total. The van der Waals surface area contributed by atoms with E-state index in [2.05, 4.69) is 44.7 Å². The van der Waals surface area contributed by atoms with E-state index < -0.39 is 0 Å². The van der Waals surface area contributed by atoms with E-state index in [-0.39, 0.29) is 29.9 Å². The van der Waals surface area contributed by atoms with E-state index in [1.54, 1.807) is 7.05 Å². The van der Waals surface area contributed by atoms with Crippen molar-refractivity contribution in [1.82, 2.24) is 25.8 Å². The van der Waals surface area contributed by atoms with Crippen LogP contribution in [0.1, 0.15) is 45.1 Å². The maximum atomic E-state index is 11.9. The smallest absolute Gasteiger partial charge is 0.234 e. The summed E-state index contributed by atoms with van der Waals surface area (Å²) in [6, 6.07) is 4.27. The Labute approximate surface area is 197 Å². The van der Waals surface area contributed by atoms with Gasteiger partial charge in [0.2, 0.25) is 11.8 Å². The molecule has 2 heterocycles. The number of carbonyl (C=O) groups is 1. The molecule has 1 aliphatic heterocycles. The molecule has 0 bridgehead atoms. The first-order valence-corrected chi connectivity index (χ1v) is 10.7. The van der Waals surface area contributed by atoms with Crippen molar-refractivity contribution in [3.63, 3.8) is 0 Å². The van der Waals surface area contributed by atoms with Crippen LogP contribution >= 0.6 is 24.0 Å². The van der Waals surface area contributed by atoms with Gasteiger partial charge in [-0.1, -0.05) is 19.9 Å². The average Bonchev–Trinajstić information content (AvgIpc) is 2.75. The summed E-state index contributed by atoms with van der Waals surface area (Å²) in [5, 5.41) is 9.77. The zero-order valence-corrected chi connectivity index (χ0v) is 20.8. The third-order valence-electron chi connectivity index (χ3n) is 4.80. The molecule has 9 heteroatoms. The van der Waals surface area contributed by atoms with Crippen LogP contribution in [0.2, 0.25) is 0 Å². The Hall–Kier alpha value is -1.62. The second-order valence-electron chi connectivity index (χ2n) is 7.32. The standard InChI is InChI=1S/C21H36N6O2.HI/c1-4-10-23-19(28)16-27-11-8-18(9-12-27)26-21(22-3)25-15-17-6-7-20(24-14-17)29-13-5-2;/h6-7,14,18H,4-5,8-13,15-16H2,1-3H3,(H,23,28)(H2,22,25,26);1H. The first kappa shape index (κ1) is 26.4. The number of nitrogens with one attached hydrogen (secondary N) is 3. The zero-order chi connectivity index (χ0) is 20.9. The topological polar surface area (TPSA) is 90.9 Å². The molecule has 0 unspecified atom stereocenters. The predicted molar refractivity (Wildman–Crippen MR) is 132 cm³/mol. The first-order valence-electron chi connectivity index (χ1n) is 10.7. The van der Waals surface area contributed by atoms with Crippen molar-refractivity contribution in [2.75, 3.05) is 39.8 Å². The highest BCUT2D eigenvalue weighted by Crippen LogP contribution is 2.10. The fraction of sp³-hybridized carbons (Fsp3) is 0.667. The van der Waals surface area contributed by atoms with Crippen LogP contribution in [-0.2, 0) is 11.3 Å². The molecule has 1 fully saturated rings. The second-order valence-corrected chi connectivity index (χ2v) is 7.32. The molecular formula is C21H37IN6O2. The van der Waals surface area contributed by atoms with Gasteiger partial charge in [-0.25, -0.2) is 4.98 Å². The van der Waals surface area contributed by atoms with Gasteiger partial charge in [-0.3, -0.25) is 14.7 Å². The van der Waals surface area contributed by atoms with Crippen LogP contribution in [-0.4, -0.2) is 67.6 Å². The number of amides is 1. The molecule has 1 aromatic rings. The highest BCUT2D eigenvalue weighted by atomic mass is 127. The molecule has 0 saturated carbocycles. The molecule has 2 rings (SSSR count). The molecule has 170 valence electrons. The number of rotatable bonds is 10. The number of likely N-dealkylation sites (tertiary alicyclic amines) is 1. The van der Waals surface area contributed by atoms with Gasteiger partial charge in [-0.15, -0.1) is 24.0 Å². The fourth-order valence-electron chi connectivity index (χ4n) is 3.14. The monoisotopic (exact) mass is 532 g/mol. The molecule has 1 aromatic heterocycles. The van der Waals surface area contributed by atoms with E-state index in [0.29, 0.717) is 31.6 Å². The van der Waals surface area contributed by atoms with Crippen molar-refractivity contribution in [1.29, 1.82) is 0 Å². The van der Waals surface area contributed by atoms with Crippen LogP contribution in [0.4, 0.5) is 0 Å². The van der Waals surface area contributed by atoms with Crippen LogP contribution in [0.15, 0.2) is 23.3 Å². The molecule has 30 heavy (non-hydrogen) atoms. The van der Waals surface area contributed by atoms with E-state index in [4.69, 9.17) is 4.74 Å². The largest absolute Gasteiger partial charge is 0.478 e. The molecule has 1 aliphatic rings. The van der Waals surface area contributed by atoms with Gasteiger partial charge >= 0.3 is 0 Å². The summed E-state index contributed by atoms with van der Waals surface area (Å²) < 4.78 is 5.51. The lowest BCUT2D eigenvalue weighted by Gasteiger charge is -2.32. The second kappa shape index (κ2) is 15.2. The van der Waals surface area contributed by atoms with Crippen LogP contribution in [0.25, 0.3) is 0 Å². The first-order chi connectivity index (χ1) is 14.1. The normalized spacial score (nSPS) is 15.2. The number of aliphatic imine (C=N–C) groups is 1. The Morgan fingerprint density at radius 1 is 1.23 bits per heavy atom. The molecule has 1 amide bonds. The molecule has 0 atom stereocenters. The Morgan fingerprint density at radius 2 is 2.00 bits per heavy atom. The minimum Gasteiger partial charge on any atom is -0.478 e. The number of piperidine rings is 1. The minimum atomic E-state index is 0. The summed E-state index contributed by atoms with van der Waals surface area (Å²) in [6.45, 7) is 8.54. The van der Waals surface area contributed by atoms with E-state index in [9.17, 15) is 4.79 Å². The molecule has 0 spiro atoms. The van der Waals surface area contributed by atoms with Gasteiger partial charge in [0.05, 0.1) is 13.2 Å². The van der Waals surface area contributed by atoms with E-state index in [0.717, 1.165) is 56.8 Å². The summed E-state index contributed by atoms with van der Waals surface area (Å²) in [5.41, 5.74) is 1.07. The molecule has 0 radical (unpaired) electrons. The van der Waals surface area contributed by atoms with E-state index in [1.165, 1.54) is 0 Å². The minimum absolute atomic E-state index is 0. The van der Waals surface area contributed by atoms with Crippen LogP contribution in [0.3, 0.4) is 0 Å². The number of ether oxygens (including phenoxy) is 1. The van der Waals surface area contributed by atoms with Gasteiger partial charge in [-0.05, 0) is 31.2 Å². The SMILES string of the molecule is CCCNC(=O)CN1CCC(NC(=NC)NCc2ccc(OCCC)nc2)CC1.I. The summed E-state index contributed by atoms with van der Waals surface area (Å²) in [6.07, 6.45) is 5.75. The van der Waals surface area contributed by atoms with Gasteiger partial charge in [0.15, 0.2) is 5.96 Å². The van der Waals surface area contributed by atoms with E-state index >= 15 is 0 Å². The third-order valence-corrected chi connectivity index (χ3v) is 4.80. The van der Waals surface area contributed by atoms with Crippen molar-refractivity contribution in [3.05, 3.63) is 23.9 Å². The maximum Gasteiger partial charge on any atom is 0.234 e. The third kappa shape index (κ3) is 9.92. The van der Waals surface area contributed by atoms with Gasteiger partial charge in [0.25, 0.3) is 0 Å². The number of halogens is 1. The van der Waals surface area contributed by atoms with Crippen molar-refractivity contribution >= 4 is 35.8 Å². The highest BCUT2D eigenvalue weighted by molar-refractivity contribution is 14.0. The lowest BCUT2D eigenvalue weighted by molar-refractivity contribution is -0.122. The maximum absolute atomic E-state index is 11.9. The van der Waals surface area contributed by atoms with Crippen LogP contribution in [0, 0.1) is 0 Å². The Bertz CT molecular complexity index is 633. The molecule has 0 aliphatic carbocycles. The molecule has 8 nitrogen and oxygen atoms in total. The Balaban J connectivity index is 0.00000450. The molecule has 0 aromatic carbocycles. The fourth-order valence-corrected chi connectivity index (χ4v) is 3.14. The van der Waals surface area contributed by atoms with Crippen LogP contribution in [0.5, 0.6) is 5.88 Å². The number of nitrogens with zero attached hydrogens (tertiary/aromatic N) is 3. The highest BCUT2D eigenvalue weighted by Gasteiger charge is 2.21.